The van der Waals surface area contributed by atoms with Gasteiger partial charge in [-0.1, -0.05) is 60.5 Å². The van der Waals surface area contributed by atoms with Crippen LogP contribution < -0.4 is 0 Å². The summed E-state index contributed by atoms with van der Waals surface area (Å²) in [6.45, 7) is 4.74. The number of nitrogens with zero attached hydrogens (tertiary/aromatic N) is 2. The third-order valence-electron chi connectivity index (χ3n) is 6.49. The zero-order valence-electron chi connectivity index (χ0n) is 17.6. The maximum Gasteiger partial charge on any atom is 0.183 e. The third-order valence-corrected chi connectivity index (χ3v) is 6.74. The summed E-state index contributed by atoms with van der Waals surface area (Å²) in [5.74, 6) is -0.0110. The van der Waals surface area contributed by atoms with Crippen molar-refractivity contribution in [2.75, 3.05) is 32.7 Å². The van der Waals surface area contributed by atoms with Gasteiger partial charge in [-0.15, -0.1) is 24.8 Å². The van der Waals surface area contributed by atoms with Crippen LogP contribution in [0.5, 0.6) is 0 Å². The Morgan fingerprint density at radius 2 is 1.52 bits per heavy atom. The number of piperazine rings is 1. The van der Waals surface area contributed by atoms with Crippen molar-refractivity contribution in [3.8, 4) is 0 Å². The Labute approximate surface area is 202 Å². The minimum absolute atomic E-state index is 0. The molecule has 0 radical (unpaired) electrons. The monoisotopic (exact) mass is 484 g/mol. The molecule has 1 saturated carbocycles. The highest BCUT2D eigenvalue weighted by Crippen LogP contribution is 2.43. The number of Topliss-reactive ketones (excluding diaryl/α,β-unsaturated/α-hetero) is 1. The van der Waals surface area contributed by atoms with Crippen LogP contribution >= 0.6 is 36.4 Å². The summed E-state index contributed by atoms with van der Waals surface area (Å²) in [4.78, 5) is 17.8. The van der Waals surface area contributed by atoms with E-state index in [-0.39, 0.29) is 36.5 Å². The molecule has 0 amide bonds. The summed E-state index contributed by atoms with van der Waals surface area (Å²) in [5.41, 5.74) is 0.651. The molecular weight excluding hydrogens is 455 g/mol. The number of carbonyl (C=O) groups excluding carboxylic acids is 1. The normalized spacial score (nSPS) is 19.4. The number of hydrogen-bond acceptors (Lipinski definition) is 4. The highest BCUT2D eigenvalue weighted by atomic mass is 35.5. The van der Waals surface area contributed by atoms with E-state index in [0.29, 0.717) is 6.54 Å². The number of benzene rings is 2. The lowest BCUT2D eigenvalue weighted by Crippen LogP contribution is -2.53. The molecular formula is C24H31Cl3N2O2. The molecule has 170 valence electrons. The molecule has 7 heteroatoms. The van der Waals surface area contributed by atoms with E-state index in [0.717, 1.165) is 62.6 Å². The zero-order chi connectivity index (χ0) is 20.3. The van der Waals surface area contributed by atoms with E-state index in [9.17, 15) is 9.90 Å². The fourth-order valence-electron chi connectivity index (χ4n) is 4.42. The van der Waals surface area contributed by atoms with Gasteiger partial charge in [0.25, 0.3) is 0 Å². The molecule has 4 rings (SSSR count). The minimum Gasteiger partial charge on any atom is -0.377 e. The zero-order valence-corrected chi connectivity index (χ0v) is 20.0. The average Bonchev–Trinajstić information content (AvgIpc) is 2.70. The number of rotatable bonds is 7. The SMILES string of the molecule is Cl.Cl.O=C(CN1CCN(Cc2ccc(Cl)cc2)CC1)C(O)(c1ccccc1)C1CCC1. The van der Waals surface area contributed by atoms with Crippen LogP contribution in [0.25, 0.3) is 0 Å². The van der Waals surface area contributed by atoms with Gasteiger partial charge >= 0.3 is 0 Å². The number of ketones is 1. The number of carbonyl (C=O) groups is 1. The Balaban J connectivity index is 0.00000171. The first-order valence-electron chi connectivity index (χ1n) is 10.6. The van der Waals surface area contributed by atoms with Crippen molar-refractivity contribution in [2.45, 2.75) is 31.4 Å². The van der Waals surface area contributed by atoms with Crippen molar-refractivity contribution in [1.29, 1.82) is 0 Å². The van der Waals surface area contributed by atoms with Gasteiger partial charge in [-0.2, -0.15) is 0 Å². The first-order chi connectivity index (χ1) is 14.1. The summed E-state index contributed by atoms with van der Waals surface area (Å²) in [7, 11) is 0. The molecule has 2 aromatic rings. The van der Waals surface area contributed by atoms with E-state index in [4.69, 9.17) is 11.6 Å². The molecule has 2 fully saturated rings. The van der Waals surface area contributed by atoms with Crippen molar-refractivity contribution in [2.24, 2.45) is 5.92 Å². The topological polar surface area (TPSA) is 43.8 Å². The summed E-state index contributed by atoms with van der Waals surface area (Å²) >= 11 is 5.97. The van der Waals surface area contributed by atoms with Gasteiger partial charge in [0.1, 0.15) is 0 Å². The van der Waals surface area contributed by atoms with Crippen molar-refractivity contribution in [1.82, 2.24) is 9.80 Å². The summed E-state index contributed by atoms with van der Waals surface area (Å²) < 4.78 is 0. The quantitative estimate of drug-likeness (QED) is 0.624. The van der Waals surface area contributed by atoms with Gasteiger partial charge in [0.15, 0.2) is 11.4 Å². The second-order valence-corrected chi connectivity index (χ2v) is 8.80. The van der Waals surface area contributed by atoms with Crippen molar-refractivity contribution in [3.05, 3.63) is 70.7 Å². The van der Waals surface area contributed by atoms with Gasteiger partial charge in [-0.05, 0) is 42.0 Å². The van der Waals surface area contributed by atoms with E-state index in [1.807, 2.05) is 42.5 Å². The van der Waals surface area contributed by atoms with Gasteiger partial charge in [-0.3, -0.25) is 14.6 Å². The maximum atomic E-state index is 13.3. The van der Waals surface area contributed by atoms with Gasteiger partial charge in [0.05, 0.1) is 6.54 Å². The van der Waals surface area contributed by atoms with Crippen molar-refractivity contribution < 1.29 is 9.90 Å². The smallest absolute Gasteiger partial charge is 0.183 e. The molecule has 2 aromatic carbocycles. The van der Waals surface area contributed by atoms with E-state index >= 15 is 0 Å². The molecule has 1 aliphatic heterocycles. The first-order valence-corrected chi connectivity index (χ1v) is 10.9. The van der Waals surface area contributed by atoms with Gasteiger partial charge in [0.2, 0.25) is 0 Å². The van der Waals surface area contributed by atoms with E-state index in [2.05, 4.69) is 21.9 Å². The predicted molar refractivity (Wildman–Crippen MR) is 130 cm³/mol. The van der Waals surface area contributed by atoms with Crippen LogP contribution in [-0.4, -0.2) is 53.4 Å². The van der Waals surface area contributed by atoms with Gasteiger partial charge in [-0.25, -0.2) is 0 Å². The van der Waals surface area contributed by atoms with Crippen molar-refractivity contribution >= 4 is 42.2 Å². The van der Waals surface area contributed by atoms with Crippen molar-refractivity contribution in [3.63, 3.8) is 0 Å². The third kappa shape index (κ3) is 6.01. The molecule has 1 atom stereocenters. The Kier molecular flexibility index (Phi) is 9.81. The molecule has 0 spiro atoms. The van der Waals surface area contributed by atoms with Crippen LogP contribution in [0.4, 0.5) is 0 Å². The molecule has 31 heavy (non-hydrogen) atoms. The summed E-state index contributed by atoms with van der Waals surface area (Å²) in [5, 5.41) is 12.2. The van der Waals surface area contributed by atoms with Crippen LogP contribution in [-0.2, 0) is 16.9 Å². The Morgan fingerprint density at radius 1 is 0.935 bits per heavy atom. The highest BCUT2D eigenvalue weighted by Gasteiger charge is 2.47. The molecule has 1 N–H and O–H groups in total. The fraction of sp³-hybridized carbons (Fsp3) is 0.458. The Hall–Kier alpha value is -1.14. The Bertz CT molecular complexity index is 822. The van der Waals surface area contributed by atoms with Gasteiger partial charge < -0.3 is 5.11 Å². The van der Waals surface area contributed by atoms with E-state index < -0.39 is 5.60 Å². The lowest BCUT2D eigenvalue weighted by Gasteiger charge is -2.42. The van der Waals surface area contributed by atoms with E-state index in [1.54, 1.807) is 0 Å². The standard InChI is InChI=1S/C24H29ClN2O2.2ClH/c25-22-11-9-19(10-12-22)17-26-13-15-27(16-14-26)18-23(28)24(29,21-7-4-8-21)20-5-2-1-3-6-20;;/h1-3,5-6,9-12,21,29H,4,7-8,13-18H2;2*1H. The lowest BCUT2D eigenvalue weighted by atomic mass is 9.67. The van der Waals surface area contributed by atoms with Crippen LogP contribution in [0, 0.1) is 5.92 Å². The molecule has 0 aromatic heterocycles. The predicted octanol–water partition coefficient (Wildman–Crippen LogP) is 4.56. The summed E-state index contributed by atoms with van der Waals surface area (Å²) in [6, 6.07) is 17.5. The van der Waals surface area contributed by atoms with Gasteiger partial charge in [0, 0.05) is 37.7 Å². The lowest BCUT2D eigenvalue weighted by molar-refractivity contribution is -0.151. The fourth-order valence-corrected chi connectivity index (χ4v) is 4.55. The molecule has 1 saturated heterocycles. The second-order valence-electron chi connectivity index (χ2n) is 8.36. The number of aliphatic hydroxyl groups is 1. The largest absolute Gasteiger partial charge is 0.377 e. The maximum absolute atomic E-state index is 13.3. The van der Waals surface area contributed by atoms with Crippen LogP contribution in [0.3, 0.4) is 0 Å². The minimum atomic E-state index is -1.35. The second kappa shape index (κ2) is 11.6. The molecule has 4 nitrogen and oxygen atoms in total. The molecule has 1 heterocycles. The molecule has 1 aliphatic carbocycles. The summed E-state index contributed by atoms with van der Waals surface area (Å²) in [6.07, 6.45) is 2.94. The molecule has 0 bridgehead atoms. The molecule has 1 unspecified atom stereocenters. The van der Waals surface area contributed by atoms with Crippen LogP contribution in [0.1, 0.15) is 30.4 Å². The van der Waals surface area contributed by atoms with E-state index in [1.165, 1.54) is 5.56 Å². The average molecular weight is 486 g/mol. The Morgan fingerprint density at radius 3 is 2.06 bits per heavy atom. The number of hydrogen-bond donors (Lipinski definition) is 1. The van der Waals surface area contributed by atoms with Crippen LogP contribution in [0.15, 0.2) is 54.6 Å². The highest BCUT2D eigenvalue weighted by molar-refractivity contribution is 6.30. The van der Waals surface area contributed by atoms with Crippen LogP contribution in [0.2, 0.25) is 5.02 Å². The number of halogens is 3. The first kappa shape index (κ1) is 26.1. The molecule has 2 aliphatic rings.